The van der Waals surface area contributed by atoms with E-state index in [0.29, 0.717) is 12.1 Å². The summed E-state index contributed by atoms with van der Waals surface area (Å²) >= 11 is 0. The number of halogens is 1. The third-order valence-electron chi connectivity index (χ3n) is 8.52. The van der Waals surface area contributed by atoms with Crippen LogP contribution in [0, 0.1) is 5.82 Å². The Balaban J connectivity index is 1.59. The van der Waals surface area contributed by atoms with E-state index < -0.39 is 34.3 Å². The zero-order valence-electron chi connectivity index (χ0n) is 26.0. The van der Waals surface area contributed by atoms with Gasteiger partial charge in [0.2, 0.25) is 11.8 Å². The van der Waals surface area contributed by atoms with Gasteiger partial charge in [0, 0.05) is 24.6 Å². The summed E-state index contributed by atoms with van der Waals surface area (Å²) in [5.74, 6) is -1.47. The number of benzene rings is 4. The summed E-state index contributed by atoms with van der Waals surface area (Å²) in [7, 11) is -4.21. The fraction of sp³-hybridized carbons (Fsp3) is 0.297. The fourth-order valence-corrected chi connectivity index (χ4v) is 7.49. The molecule has 0 bridgehead atoms. The molecule has 1 fully saturated rings. The number of carbonyl (C=O) groups is 2. The van der Waals surface area contributed by atoms with Gasteiger partial charge in [0.1, 0.15) is 18.4 Å². The highest BCUT2D eigenvalue weighted by Crippen LogP contribution is 2.29. The molecule has 5 rings (SSSR count). The number of carbonyl (C=O) groups excluding carboxylic acids is 2. The summed E-state index contributed by atoms with van der Waals surface area (Å²) in [4.78, 5) is 30.1. The lowest BCUT2D eigenvalue weighted by Crippen LogP contribution is -2.54. The Labute approximate surface area is 271 Å². The van der Waals surface area contributed by atoms with E-state index in [1.54, 1.807) is 48.5 Å². The van der Waals surface area contributed by atoms with Crippen LogP contribution in [0.2, 0.25) is 0 Å². The first-order valence-electron chi connectivity index (χ1n) is 15.8. The Morgan fingerprint density at radius 1 is 0.826 bits per heavy atom. The molecular weight excluding hydrogens is 601 g/mol. The first-order valence-corrected chi connectivity index (χ1v) is 17.2. The van der Waals surface area contributed by atoms with Crippen LogP contribution in [0.4, 0.5) is 10.1 Å². The van der Waals surface area contributed by atoms with Gasteiger partial charge in [-0.1, -0.05) is 105 Å². The molecule has 1 aliphatic rings. The second-order valence-corrected chi connectivity index (χ2v) is 13.5. The SMILES string of the molecule is CCc1ccccc1N(CC(=O)N(Cc1ccccc1F)C(Cc1ccccc1)C(=O)NC1CCCC1)S(=O)(=O)c1ccccc1. The number of hydrogen-bond donors (Lipinski definition) is 1. The standard InChI is InChI=1S/C37H40FN3O4S/c1-2-29-17-10-14-24-34(29)41(46(44,45)32-21-7-4-8-22-32)27-36(42)40(26-30-18-9-13-23-33(30)38)35(25-28-15-5-3-6-16-28)37(43)39-31-19-11-12-20-31/h3-10,13-18,21-24,31,35H,2,11-12,19-20,25-27H2,1H3,(H,39,43). The molecule has 46 heavy (non-hydrogen) atoms. The van der Waals surface area contributed by atoms with Crippen molar-refractivity contribution in [2.45, 2.75) is 69.0 Å². The van der Waals surface area contributed by atoms with Crippen LogP contribution in [0.15, 0.2) is 114 Å². The van der Waals surface area contributed by atoms with Gasteiger partial charge in [-0.15, -0.1) is 0 Å². The molecule has 7 nitrogen and oxygen atoms in total. The highest BCUT2D eigenvalue weighted by atomic mass is 32.2. The topological polar surface area (TPSA) is 86.8 Å². The van der Waals surface area contributed by atoms with E-state index >= 15 is 4.39 Å². The molecule has 1 aliphatic carbocycles. The summed E-state index contributed by atoms with van der Waals surface area (Å²) in [5.41, 5.74) is 2.18. The van der Waals surface area contributed by atoms with Gasteiger partial charge in [0.25, 0.3) is 10.0 Å². The molecule has 0 heterocycles. The molecule has 1 atom stereocenters. The predicted molar refractivity (Wildman–Crippen MR) is 178 cm³/mol. The van der Waals surface area contributed by atoms with E-state index in [4.69, 9.17) is 0 Å². The van der Waals surface area contributed by atoms with Crippen LogP contribution < -0.4 is 9.62 Å². The molecule has 0 aromatic heterocycles. The molecule has 4 aromatic rings. The van der Waals surface area contributed by atoms with Crippen molar-refractivity contribution >= 4 is 27.5 Å². The normalized spacial score (nSPS) is 14.0. The van der Waals surface area contributed by atoms with Crippen LogP contribution in [0.1, 0.15) is 49.3 Å². The Morgan fingerprint density at radius 2 is 1.41 bits per heavy atom. The Bertz CT molecular complexity index is 1730. The second kappa shape index (κ2) is 15.2. The Morgan fingerprint density at radius 3 is 2.07 bits per heavy atom. The molecule has 1 unspecified atom stereocenters. The Kier molecular flexibility index (Phi) is 10.9. The van der Waals surface area contributed by atoms with Gasteiger partial charge in [-0.05, 0) is 54.7 Å². The van der Waals surface area contributed by atoms with Crippen LogP contribution in [-0.4, -0.2) is 43.8 Å². The minimum absolute atomic E-state index is 0.0115. The molecule has 0 saturated heterocycles. The zero-order valence-corrected chi connectivity index (χ0v) is 26.8. The van der Waals surface area contributed by atoms with Crippen molar-refractivity contribution in [1.29, 1.82) is 0 Å². The van der Waals surface area contributed by atoms with Crippen molar-refractivity contribution in [3.05, 3.63) is 132 Å². The van der Waals surface area contributed by atoms with Gasteiger partial charge in [-0.3, -0.25) is 13.9 Å². The maximum Gasteiger partial charge on any atom is 0.264 e. The van der Waals surface area contributed by atoms with Crippen molar-refractivity contribution in [2.24, 2.45) is 0 Å². The van der Waals surface area contributed by atoms with Crippen LogP contribution in [-0.2, 0) is 39.0 Å². The molecule has 1 N–H and O–H groups in total. The summed E-state index contributed by atoms with van der Waals surface area (Å²) in [6, 6.07) is 29.5. The van der Waals surface area contributed by atoms with Crippen molar-refractivity contribution < 1.29 is 22.4 Å². The van der Waals surface area contributed by atoms with Gasteiger partial charge in [-0.2, -0.15) is 0 Å². The Hall–Kier alpha value is -4.50. The number of sulfonamides is 1. The van der Waals surface area contributed by atoms with Gasteiger partial charge < -0.3 is 10.2 Å². The molecule has 9 heteroatoms. The number of rotatable bonds is 13. The summed E-state index contributed by atoms with van der Waals surface area (Å²) in [6.07, 6.45) is 4.43. The van der Waals surface area contributed by atoms with E-state index in [9.17, 15) is 18.0 Å². The summed E-state index contributed by atoms with van der Waals surface area (Å²) in [5, 5.41) is 3.14. The average molecular weight is 642 g/mol. The van der Waals surface area contributed by atoms with E-state index in [0.717, 1.165) is 41.1 Å². The fourth-order valence-electron chi connectivity index (χ4n) is 6.02. The predicted octanol–water partition coefficient (Wildman–Crippen LogP) is 6.28. The molecule has 0 spiro atoms. The van der Waals surface area contributed by atoms with Gasteiger partial charge in [-0.25, -0.2) is 12.8 Å². The quantitative estimate of drug-likeness (QED) is 0.186. The summed E-state index contributed by atoms with van der Waals surface area (Å²) < 4.78 is 44.7. The molecule has 0 radical (unpaired) electrons. The smallest absolute Gasteiger partial charge is 0.264 e. The van der Waals surface area contributed by atoms with E-state index in [1.165, 1.54) is 23.1 Å². The first-order chi connectivity index (χ1) is 22.3. The zero-order chi connectivity index (χ0) is 32.5. The lowest BCUT2D eigenvalue weighted by atomic mass is 10.0. The van der Waals surface area contributed by atoms with E-state index in [1.807, 2.05) is 49.4 Å². The largest absolute Gasteiger partial charge is 0.352 e. The van der Waals surface area contributed by atoms with Crippen LogP contribution in [0.5, 0.6) is 0 Å². The van der Waals surface area contributed by atoms with E-state index in [-0.39, 0.29) is 35.4 Å². The number of nitrogens with one attached hydrogen (secondary N) is 1. The lowest BCUT2D eigenvalue weighted by Gasteiger charge is -2.34. The van der Waals surface area contributed by atoms with Crippen LogP contribution >= 0.6 is 0 Å². The molecule has 2 amide bonds. The van der Waals surface area contributed by atoms with Gasteiger partial charge in [0.05, 0.1) is 10.6 Å². The third kappa shape index (κ3) is 7.83. The minimum atomic E-state index is -4.21. The molecule has 240 valence electrons. The molecule has 0 aliphatic heterocycles. The van der Waals surface area contributed by atoms with Gasteiger partial charge >= 0.3 is 0 Å². The number of nitrogens with zero attached hydrogens (tertiary/aromatic N) is 2. The molecule has 1 saturated carbocycles. The highest BCUT2D eigenvalue weighted by molar-refractivity contribution is 7.92. The number of anilines is 1. The van der Waals surface area contributed by atoms with Gasteiger partial charge in [0.15, 0.2) is 0 Å². The number of para-hydroxylation sites is 1. The summed E-state index contributed by atoms with van der Waals surface area (Å²) in [6.45, 7) is 1.13. The first kappa shape index (κ1) is 32.9. The van der Waals surface area contributed by atoms with Crippen LogP contribution in [0.25, 0.3) is 0 Å². The van der Waals surface area contributed by atoms with Crippen molar-refractivity contribution in [1.82, 2.24) is 10.2 Å². The minimum Gasteiger partial charge on any atom is -0.352 e. The highest BCUT2D eigenvalue weighted by Gasteiger charge is 2.36. The van der Waals surface area contributed by atoms with Crippen LogP contribution in [0.3, 0.4) is 0 Å². The van der Waals surface area contributed by atoms with Crippen molar-refractivity contribution in [2.75, 3.05) is 10.8 Å². The molecule has 4 aromatic carbocycles. The second-order valence-electron chi connectivity index (χ2n) is 11.6. The third-order valence-corrected chi connectivity index (χ3v) is 10.3. The number of aryl methyl sites for hydroxylation is 1. The van der Waals surface area contributed by atoms with Crippen molar-refractivity contribution in [3.63, 3.8) is 0 Å². The molecular formula is C37H40FN3O4S. The maximum atomic E-state index is 15.1. The number of hydrogen-bond acceptors (Lipinski definition) is 4. The van der Waals surface area contributed by atoms with E-state index in [2.05, 4.69) is 5.32 Å². The monoisotopic (exact) mass is 641 g/mol. The number of amides is 2. The maximum absolute atomic E-state index is 15.1. The van der Waals surface area contributed by atoms with Crippen molar-refractivity contribution in [3.8, 4) is 0 Å². The average Bonchev–Trinajstić information content (AvgIpc) is 3.59. The lowest BCUT2D eigenvalue weighted by molar-refractivity contribution is -0.140.